The van der Waals surface area contributed by atoms with Crippen LogP contribution in [0.1, 0.15) is 23.1 Å². The quantitative estimate of drug-likeness (QED) is 0.788. The van der Waals surface area contributed by atoms with Gasteiger partial charge >= 0.3 is 0 Å². The second-order valence-corrected chi connectivity index (χ2v) is 6.28. The Kier molecular flexibility index (Phi) is 5.57. The summed E-state index contributed by atoms with van der Waals surface area (Å²) in [6, 6.07) is 16.4. The molecule has 0 saturated carbocycles. The Morgan fingerprint density at radius 3 is 2.19 bits per heavy atom. The lowest BCUT2D eigenvalue weighted by molar-refractivity contribution is -0.130. The van der Waals surface area contributed by atoms with E-state index in [1.54, 1.807) is 4.90 Å². The molecule has 3 heteroatoms. The number of halogens is 1. The van der Waals surface area contributed by atoms with Crippen molar-refractivity contribution in [3.63, 3.8) is 0 Å². The van der Waals surface area contributed by atoms with Crippen molar-refractivity contribution in [2.24, 2.45) is 0 Å². The van der Waals surface area contributed by atoms with E-state index in [-0.39, 0.29) is 5.91 Å². The molecular formula is C18H20BrNO. The van der Waals surface area contributed by atoms with Gasteiger partial charge in [-0.25, -0.2) is 0 Å². The zero-order chi connectivity index (χ0) is 15.2. The molecular weight excluding hydrogens is 326 g/mol. The Morgan fingerprint density at radius 1 is 1.00 bits per heavy atom. The number of aryl methyl sites for hydroxylation is 2. The summed E-state index contributed by atoms with van der Waals surface area (Å²) < 4.78 is 1.06. The fraction of sp³-hybridized carbons (Fsp3) is 0.278. The standard InChI is InChI=1S/C18H20BrNO/c1-14-3-5-15(6-4-14)9-12-18(21)20(2)13-16-7-10-17(19)11-8-16/h3-8,10-11H,9,12-13H2,1-2H3. The van der Waals surface area contributed by atoms with Crippen molar-refractivity contribution < 1.29 is 4.79 Å². The molecule has 0 aliphatic rings. The van der Waals surface area contributed by atoms with E-state index in [1.165, 1.54) is 11.1 Å². The smallest absolute Gasteiger partial charge is 0.222 e. The number of rotatable bonds is 5. The van der Waals surface area contributed by atoms with Crippen LogP contribution in [0, 0.1) is 6.92 Å². The van der Waals surface area contributed by atoms with Gasteiger partial charge in [0.25, 0.3) is 0 Å². The summed E-state index contributed by atoms with van der Waals surface area (Å²) >= 11 is 3.42. The largest absolute Gasteiger partial charge is 0.341 e. The number of benzene rings is 2. The molecule has 0 unspecified atom stereocenters. The van der Waals surface area contributed by atoms with Gasteiger partial charge in [-0.05, 0) is 36.6 Å². The van der Waals surface area contributed by atoms with E-state index >= 15 is 0 Å². The van der Waals surface area contributed by atoms with Gasteiger partial charge in [0.15, 0.2) is 0 Å². The first-order valence-corrected chi connectivity index (χ1v) is 7.88. The van der Waals surface area contributed by atoms with Crippen LogP contribution < -0.4 is 0 Å². The van der Waals surface area contributed by atoms with Gasteiger partial charge in [0.05, 0.1) is 0 Å². The van der Waals surface area contributed by atoms with Crippen LogP contribution in [-0.2, 0) is 17.8 Å². The minimum atomic E-state index is 0.179. The first-order valence-electron chi connectivity index (χ1n) is 7.08. The third-order valence-electron chi connectivity index (χ3n) is 3.51. The van der Waals surface area contributed by atoms with Crippen LogP contribution in [0.15, 0.2) is 53.0 Å². The number of carbonyl (C=O) groups excluding carboxylic acids is 1. The van der Waals surface area contributed by atoms with Crippen LogP contribution in [0.4, 0.5) is 0 Å². The average Bonchev–Trinajstić information content (AvgIpc) is 2.48. The molecule has 0 fully saturated rings. The van der Waals surface area contributed by atoms with E-state index in [1.807, 2.05) is 31.3 Å². The Hall–Kier alpha value is -1.61. The van der Waals surface area contributed by atoms with E-state index in [2.05, 4.69) is 47.1 Å². The van der Waals surface area contributed by atoms with Gasteiger partial charge < -0.3 is 4.90 Å². The summed E-state index contributed by atoms with van der Waals surface area (Å²) in [6.07, 6.45) is 1.35. The van der Waals surface area contributed by atoms with E-state index in [9.17, 15) is 4.79 Å². The third kappa shape index (κ3) is 5.01. The van der Waals surface area contributed by atoms with Gasteiger partial charge in [-0.1, -0.05) is 57.9 Å². The molecule has 0 aliphatic heterocycles. The van der Waals surface area contributed by atoms with Crippen LogP contribution in [0.5, 0.6) is 0 Å². The van der Waals surface area contributed by atoms with Gasteiger partial charge in [-0.2, -0.15) is 0 Å². The van der Waals surface area contributed by atoms with Crippen molar-refractivity contribution in [2.45, 2.75) is 26.3 Å². The number of carbonyl (C=O) groups is 1. The second kappa shape index (κ2) is 7.41. The number of nitrogens with zero attached hydrogens (tertiary/aromatic N) is 1. The van der Waals surface area contributed by atoms with Crippen molar-refractivity contribution >= 4 is 21.8 Å². The number of amides is 1. The highest BCUT2D eigenvalue weighted by atomic mass is 79.9. The second-order valence-electron chi connectivity index (χ2n) is 5.36. The highest BCUT2D eigenvalue weighted by Crippen LogP contribution is 2.13. The van der Waals surface area contributed by atoms with Gasteiger partial charge in [0.1, 0.15) is 0 Å². The van der Waals surface area contributed by atoms with Gasteiger partial charge in [-0.15, -0.1) is 0 Å². The molecule has 2 rings (SSSR count). The minimum absolute atomic E-state index is 0.179. The molecule has 2 aromatic carbocycles. The average molecular weight is 346 g/mol. The zero-order valence-corrected chi connectivity index (χ0v) is 14.1. The summed E-state index contributed by atoms with van der Waals surface area (Å²) in [4.78, 5) is 14.0. The molecule has 0 bridgehead atoms. The van der Waals surface area contributed by atoms with Crippen LogP contribution in [0.2, 0.25) is 0 Å². The van der Waals surface area contributed by atoms with E-state index < -0.39 is 0 Å². The third-order valence-corrected chi connectivity index (χ3v) is 4.04. The molecule has 0 saturated heterocycles. The molecule has 1 amide bonds. The lowest BCUT2D eigenvalue weighted by Crippen LogP contribution is -2.26. The molecule has 0 N–H and O–H groups in total. The van der Waals surface area contributed by atoms with Crippen molar-refractivity contribution in [1.29, 1.82) is 0 Å². The molecule has 2 nitrogen and oxygen atoms in total. The van der Waals surface area contributed by atoms with Crippen LogP contribution in [0.3, 0.4) is 0 Å². The fourth-order valence-electron chi connectivity index (χ4n) is 2.15. The SMILES string of the molecule is Cc1ccc(CCC(=O)N(C)Cc2ccc(Br)cc2)cc1. The predicted molar refractivity (Wildman–Crippen MR) is 90.1 cm³/mol. The van der Waals surface area contributed by atoms with Crippen LogP contribution >= 0.6 is 15.9 Å². The van der Waals surface area contributed by atoms with Gasteiger partial charge in [0.2, 0.25) is 5.91 Å². The molecule has 2 aromatic rings. The first-order chi connectivity index (χ1) is 10.0. The summed E-state index contributed by atoms with van der Waals surface area (Å²) in [5.74, 6) is 0.179. The predicted octanol–water partition coefficient (Wildman–Crippen LogP) is 4.35. The summed E-state index contributed by atoms with van der Waals surface area (Å²) in [5, 5.41) is 0. The van der Waals surface area contributed by atoms with Gasteiger partial charge in [0, 0.05) is 24.5 Å². The molecule has 0 atom stereocenters. The van der Waals surface area contributed by atoms with Crippen molar-refractivity contribution in [3.8, 4) is 0 Å². The maximum atomic E-state index is 12.2. The summed E-state index contributed by atoms with van der Waals surface area (Å²) in [5.41, 5.74) is 3.60. The Balaban J connectivity index is 1.84. The molecule has 110 valence electrons. The lowest BCUT2D eigenvalue weighted by atomic mass is 10.1. The number of hydrogen-bond acceptors (Lipinski definition) is 1. The van der Waals surface area contributed by atoms with E-state index in [0.717, 1.165) is 16.5 Å². The normalized spacial score (nSPS) is 10.4. The van der Waals surface area contributed by atoms with Crippen molar-refractivity contribution in [3.05, 3.63) is 69.7 Å². The number of hydrogen-bond donors (Lipinski definition) is 0. The topological polar surface area (TPSA) is 20.3 Å². The first kappa shape index (κ1) is 15.8. The van der Waals surface area contributed by atoms with Crippen LogP contribution in [0.25, 0.3) is 0 Å². The molecule has 0 aliphatic carbocycles. The Morgan fingerprint density at radius 2 is 1.57 bits per heavy atom. The monoisotopic (exact) mass is 345 g/mol. The molecule has 0 radical (unpaired) electrons. The summed E-state index contributed by atoms with van der Waals surface area (Å²) in [6.45, 7) is 2.72. The minimum Gasteiger partial charge on any atom is -0.341 e. The zero-order valence-electron chi connectivity index (χ0n) is 12.5. The van der Waals surface area contributed by atoms with Gasteiger partial charge in [-0.3, -0.25) is 4.79 Å². The molecule has 0 spiro atoms. The summed E-state index contributed by atoms with van der Waals surface area (Å²) in [7, 11) is 1.86. The highest BCUT2D eigenvalue weighted by Gasteiger charge is 2.09. The van der Waals surface area contributed by atoms with E-state index in [0.29, 0.717) is 13.0 Å². The molecule has 0 heterocycles. The van der Waals surface area contributed by atoms with E-state index in [4.69, 9.17) is 0 Å². The molecule has 0 aromatic heterocycles. The highest BCUT2D eigenvalue weighted by molar-refractivity contribution is 9.10. The lowest BCUT2D eigenvalue weighted by Gasteiger charge is -2.17. The Bertz CT molecular complexity index is 590. The maximum Gasteiger partial charge on any atom is 0.222 e. The van der Waals surface area contributed by atoms with Crippen LogP contribution in [-0.4, -0.2) is 17.9 Å². The van der Waals surface area contributed by atoms with Crippen molar-refractivity contribution in [1.82, 2.24) is 4.90 Å². The maximum absolute atomic E-state index is 12.2. The van der Waals surface area contributed by atoms with Crippen molar-refractivity contribution in [2.75, 3.05) is 7.05 Å². The fourth-order valence-corrected chi connectivity index (χ4v) is 2.41. The molecule has 21 heavy (non-hydrogen) atoms. The Labute approximate surface area is 134 Å².